The number of aliphatic hydroxyl groups excluding tert-OH is 4. The monoisotopic (exact) mass is 303 g/mol. The van der Waals surface area contributed by atoms with Gasteiger partial charge in [-0.15, -0.1) is 0 Å². The molecule has 1 amide bonds. The van der Waals surface area contributed by atoms with E-state index in [2.05, 4.69) is 5.32 Å². The second kappa shape index (κ2) is 6.99. The van der Waals surface area contributed by atoms with Crippen molar-refractivity contribution in [2.75, 3.05) is 26.7 Å². The summed E-state index contributed by atoms with van der Waals surface area (Å²) in [5.74, 6) is -0.447. The lowest BCUT2D eigenvalue weighted by atomic mass is 9.88. The topological polar surface area (TPSA) is 116 Å². The number of rotatable bonds is 3. The molecule has 2 aliphatic heterocycles. The van der Waals surface area contributed by atoms with Gasteiger partial charge in [0.2, 0.25) is 5.91 Å². The fourth-order valence-corrected chi connectivity index (χ4v) is 3.24. The van der Waals surface area contributed by atoms with Gasteiger partial charge in [-0.25, -0.2) is 10.0 Å². The molecule has 0 saturated carbocycles. The third-order valence-electron chi connectivity index (χ3n) is 4.40. The first kappa shape index (κ1) is 16.6. The summed E-state index contributed by atoms with van der Waals surface area (Å²) in [5, 5.41) is 45.8. The van der Waals surface area contributed by atoms with Crippen molar-refractivity contribution in [1.82, 2.24) is 15.3 Å². The Balaban J connectivity index is 2.32. The molecule has 8 nitrogen and oxygen atoms in total. The highest BCUT2D eigenvalue weighted by Crippen LogP contribution is 2.28. The quantitative estimate of drug-likeness (QED) is 0.384. The summed E-state index contributed by atoms with van der Waals surface area (Å²) in [6.45, 7) is 0.980. The second-order valence-corrected chi connectivity index (χ2v) is 5.68. The number of nitrogens with one attached hydrogen (secondary N) is 1. The van der Waals surface area contributed by atoms with E-state index < -0.39 is 42.9 Å². The number of aliphatic hydroxyl groups is 4. The van der Waals surface area contributed by atoms with Crippen LogP contribution in [-0.4, -0.2) is 93.5 Å². The number of hydrazine groups is 1. The maximum Gasteiger partial charge on any atom is 0.241 e. The van der Waals surface area contributed by atoms with E-state index in [0.29, 0.717) is 13.1 Å². The molecule has 5 unspecified atom stereocenters. The summed E-state index contributed by atoms with van der Waals surface area (Å²) in [6.07, 6.45) is -1.21. The van der Waals surface area contributed by atoms with E-state index in [0.717, 1.165) is 19.3 Å². The molecule has 2 fully saturated rings. The second-order valence-electron chi connectivity index (χ2n) is 5.68. The van der Waals surface area contributed by atoms with E-state index in [9.17, 15) is 25.2 Å². The van der Waals surface area contributed by atoms with E-state index in [4.69, 9.17) is 0 Å². The molecule has 5 N–H and O–H groups in total. The summed E-state index contributed by atoms with van der Waals surface area (Å²) in [4.78, 5) is 12.1. The fraction of sp³-hybridized carbons (Fsp3) is 0.923. The lowest BCUT2D eigenvalue weighted by molar-refractivity contribution is -0.233. The fourth-order valence-electron chi connectivity index (χ4n) is 3.24. The highest BCUT2D eigenvalue weighted by molar-refractivity contribution is 5.82. The average molecular weight is 303 g/mol. The third-order valence-corrected chi connectivity index (χ3v) is 4.40. The van der Waals surface area contributed by atoms with Crippen LogP contribution >= 0.6 is 0 Å². The minimum absolute atomic E-state index is 0.408. The molecule has 2 saturated heterocycles. The highest BCUT2D eigenvalue weighted by Gasteiger charge is 2.52. The standard InChI is InChI=1S/C13H25N3O5/c1-14-13(21)9-11(19)12(20)10(18)8(7-17)16(9)15-5-3-2-4-6-15/h8-12,17-20H,2-7H2,1H3,(H,14,21). The minimum atomic E-state index is -1.47. The first-order valence-corrected chi connectivity index (χ1v) is 7.42. The molecule has 0 aromatic rings. The molecule has 2 heterocycles. The molecule has 122 valence electrons. The molecule has 2 rings (SSSR count). The number of carbonyl (C=O) groups excluding carboxylic acids is 1. The van der Waals surface area contributed by atoms with E-state index in [1.165, 1.54) is 7.05 Å². The Kier molecular flexibility index (Phi) is 5.53. The van der Waals surface area contributed by atoms with Gasteiger partial charge in [0.05, 0.1) is 12.6 Å². The van der Waals surface area contributed by atoms with E-state index in [-0.39, 0.29) is 0 Å². The molecule has 8 heteroatoms. The average Bonchev–Trinajstić information content (AvgIpc) is 2.52. The molecule has 0 aliphatic carbocycles. The van der Waals surface area contributed by atoms with Gasteiger partial charge in [0.25, 0.3) is 0 Å². The molecule has 0 spiro atoms. The van der Waals surface area contributed by atoms with Crippen LogP contribution in [0.1, 0.15) is 19.3 Å². The number of likely N-dealkylation sites (N-methyl/N-ethyl adjacent to an activating group) is 1. The summed E-state index contributed by atoms with van der Waals surface area (Å²) in [5.41, 5.74) is 0. The summed E-state index contributed by atoms with van der Waals surface area (Å²) < 4.78 is 0. The molecular weight excluding hydrogens is 278 g/mol. The number of amides is 1. The zero-order valence-electron chi connectivity index (χ0n) is 12.2. The SMILES string of the molecule is CNC(=O)C1C(O)C(O)C(O)C(CO)N1N1CCCCC1. The van der Waals surface area contributed by atoms with E-state index in [1.807, 2.05) is 5.01 Å². The van der Waals surface area contributed by atoms with Crippen LogP contribution < -0.4 is 5.32 Å². The number of piperidine rings is 2. The van der Waals surface area contributed by atoms with Crippen LogP contribution in [0.5, 0.6) is 0 Å². The molecule has 5 atom stereocenters. The van der Waals surface area contributed by atoms with Gasteiger partial charge < -0.3 is 25.7 Å². The van der Waals surface area contributed by atoms with Crippen LogP contribution in [0.4, 0.5) is 0 Å². The lowest BCUT2D eigenvalue weighted by Crippen LogP contribution is -2.74. The number of nitrogens with zero attached hydrogens (tertiary/aromatic N) is 2. The largest absolute Gasteiger partial charge is 0.395 e. The summed E-state index contributed by atoms with van der Waals surface area (Å²) in [6, 6.07) is -1.84. The molecule has 0 aromatic carbocycles. The Morgan fingerprint density at radius 2 is 1.71 bits per heavy atom. The summed E-state index contributed by atoms with van der Waals surface area (Å²) in [7, 11) is 1.45. The van der Waals surface area contributed by atoms with E-state index >= 15 is 0 Å². The summed E-state index contributed by atoms with van der Waals surface area (Å²) >= 11 is 0. The van der Waals surface area contributed by atoms with Crippen molar-refractivity contribution in [3.05, 3.63) is 0 Å². The third kappa shape index (κ3) is 3.05. The van der Waals surface area contributed by atoms with Gasteiger partial charge in [-0.05, 0) is 12.8 Å². The maximum atomic E-state index is 12.1. The molecular formula is C13H25N3O5. The van der Waals surface area contributed by atoms with Crippen molar-refractivity contribution in [3.8, 4) is 0 Å². The van der Waals surface area contributed by atoms with Crippen LogP contribution in [0.25, 0.3) is 0 Å². The Morgan fingerprint density at radius 1 is 1.10 bits per heavy atom. The van der Waals surface area contributed by atoms with Gasteiger partial charge in [0.1, 0.15) is 24.4 Å². The van der Waals surface area contributed by atoms with Crippen LogP contribution in [0.3, 0.4) is 0 Å². The number of hydrogen-bond donors (Lipinski definition) is 5. The molecule has 0 radical (unpaired) electrons. The zero-order chi connectivity index (χ0) is 15.6. The predicted molar refractivity (Wildman–Crippen MR) is 74.0 cm³/mol. The zero-order valence-corrected chi connectivity index (χ0v) is 12.2. The number of hydrogen-bond acceptors (Lipinski definition) is 7. The molecule has 0 bridgehead atoms. The van der Waals surface area contributed by atoms with Crippen LogP contribution in [0, 0.1) is 0 Å². The molecule has 21 heavy (non-hydrogen) atoms. The maximum absolute atomic E-state index is 12.1. The Bertz CT molecular complexity index is 364. The Morgan fingerprint density at radius 3 is 2.24 bits per heavy atom. The Labute approximate surface area is 123 Å². The van der Waals surface area contributed by atoms with Crippen LogP contribution in [-0.2, 0) is 4.79 Å². The smallest absolute Gasteiger partial charge is 0.241 e. The van der Waals surface area contributed by atoms with Gasteiger partial charge in [-0.2, -0.15) is 0 Å². The van der Waals surface area contributed by atoms with E-state index in [1.54, 1.807) is 5.01 Å². The van der Waals surface area contributed by atoms with Crippen molar-refractivity contribution in [2.24, 2.45) is 0 Å². The lowest BCUT2D eigenvalue weighted by Gasteiger charge is -2.52. The first-order valence-electron chi connectivity index (χ1n) is 7.42. The van der Waals surface area contributed by atoms with Crippen LogP contribution in [0.15, 0.2) is 0 Å². The molecule has 2 aliphatic rings. The van der Waals surface area contributed by atoms with Crippen molar-refractivity contribution in [2.45, 2.75) is 49.7 Å². The normalized spacial score (nSPS) is 39.2. The van der Waals surface area contributed by atoms with Gasteiger partial charge >= 0.3 is 0 Å². The van der Waals surface area contributed by atoms with Gasteiger partial charge in [-0.3, -0.25) is 4.79 Å². The van der Waals surface area contributed by atoms with Crippen molar-refractivity contribution < 1.29 is 25.2 Å². The molecule has 0 aromatic heterocycles. The number of carbonyl (C=O) groups is 1. The minimum Gasteiger partial charge on any atom is -0.395 e. The van der Waals surface area contributed by atoms with Gasteiger partial charge in [0.15, 0.2) is 0 Å². The van der Waals surface area contributed by atoms with Crippen molar-refractivity contribution in [3.63, 3.8) is 0 Å². The van der Waals surface area contributed by atoms with Crippen LogP contribution in [0.2, 0.25) is 0 Å². The predicted octanol–water partition coefficient (Wildman–Crippen LogP) is -2.74. The highest BCUT2D eigenvalue weighted by atomic mass is 16.4. The van der Waals surface area contributed by atoms with Gasteiger partial charge in [0, 0.05) is 20.1 Å². The van der Waals surface area contributed by atoms with Crippen molar-refractivity contribution in [1.29, 1.82) is 0 Å². The first-order chi connectivity index (χ1) is 10.0. The Hall–Kier alpha value is -0.770. The van der Waals surface area contributed by atoms with Gasteiger partial charge in [-0.1, -0.05) is 6.42 Å². The van der Waals surface area contributed by atoms with Crippen molar-refractivity contribution >= 4 is 5.91 Å².